The Bertz CT molecular complexity index is 1010. The predicted molar refractivity (Wildman–Crippen MR) is 134 cm³/mol. The number of halogens is 1. The highest BCUT2D eigenvalue weighted by molar-refractivity contribution is 7.99. The summed E-state index contributed by atoms with van der Waals surface area (Å²) in [6, 6.07) is 13.9. The molecule has 31 heavy (non-hydrogen) atoms. The van der Waals surface area contributed by atoms with Gasteiger partial charge in [-0.1, -0.05) is 25.4 Å². The fourth-order valence-corrected chi connectivity index (χ4v) is 4.99. The molecule has 1 fully saturated rings. The Morgan fingerprint density at radius 3 is 2.52 bits per heavy atom. The molecule has 1 aliphatic rings. The monoisotopic (exact) mass is 476 g/mol. The van der Waals surface area contributed by atoms with Gasteiger partial charge in [-0.3, -0.25) is 4.79 Å². The van der Waals surface area contributed by atoms with E-state index in [-0.39, 0.29) is 6.54 Å². The lowest BCUT2D eigenvalue weighted by Crippen LogP contribution is -2.26. The van der Waals surface area contributed by atoms with Crippen LogP contribution in [0.1, 0.15) is 38.2 Å². The number of nitrogens with one attached hydrogen (secondary N) is 1. The molecule has 2 heterocycles. The van der Waals surface area contributed by atoms with Crippen molar-refractivity contribution < 1.29 is 9.90 Å². The topological polar surface area (TPSA) is 54.3 Å². The third kappa shape index (κ3) is 6.94. The highest BCUT2D eigenvalue weighted by atomic mass is 35.5. The van der Waals surface area contributed by atoms with E-state index in [1.165, 1.54) is 10.5 Å². The molecule has 0 aliphatic carbocycles. The zero-order valence-electron chi connectivity index (χ0n) is 17.8. The maximum absolute atomic E-state index is 11.0. The summed E-state index contributed by atoms with van der Waals surface area (Å²) >= 11 is 12.2. The van der Waals surface area contributed by atoms with E-state index < -0.39 is 5.97 Å². The third-order valence-corrected chi connectivity index (χ3v) is 6.72. The number of carbonyl (C=O) groups is 1. The Morgan fingerprint density at radius 2 is 1.90 bits per heavy atom. The van der Waals surface area contributed by atoms with E-state index in [4.69, 9.17) is 16.7 Å². The van der Waals surface area contributed by atoms with Crippen LogP contribution in [0.4, 0.5) is 0 Å². The van der Waals surface area contributed by atoms with Crippen LogP contribution in [-0.4, -0.2) is 34.0 Å². The molecule has 0 amide bonds. The van der Waals surface area contributed by atoms with Crippen molar-refractivity contribution in [3.05, 3.63) is 59.2 Å². The summed E-state index contributed by atoms with van der Waals surface area (Å²) in [4.78, 5) is 13.4. The quantitative estimate of drug-likeness (QED) is 0.298. The number of hydrogen-bond acceptors (Lipinski definition) is 4. The second-order valence-electron chi connectivity index (χ2n) is 7.95. The van der Waals surface area contributed by atoms with Gasteiger partial charge in [-0.05, 0) is 79.9 Å². The molecule has 1 aliphatic heterocycles. The molecule has 2 aromatic carbocycles. The molecule has 0 saturated carbocycles. The van der Waals surface area contributed by atoms with Crippen molar-refractivity contribution in [3.8, 4) is 0 Å². The van der Waals surface area contributed by atoms with Gasteiger partial charge in [0.1, 0.15) is 6.54 Å². The van der Waals surface area contributed by atoms with Crippen molar-refractivity contribution in [2.24, 2.45) is 0 Å². The Morgan fingerprint density at radius 1 is 1.23 bits per heavy atom. The van der Waals surface area contributed by atoms with Crippen LogP contribution < -0.4 is 5.32 Å². The molecule has 7 heteroatoms. The van der Waals surface area contributed by atoms with E-state index in [9.17, 15) is 4.79 Å². The van der Waals surface area contributed by atoms with Gasteiger partial charge >= 0.3 is 5.97 Å². The molecule has 0 unspecified atom stereocenters. The molecular weight excluding hydrogens is 448 g/mol. The molecule has 166 valence electrons. The van der Waals surface area contributed by atoms with E-state index >= 15 is 0 Å². The molecule has 0 atom stereocenters. The number of thiol groups is 1. The molecule has 3 aromatic rings. The second-order valence-corrected chi connectivity index (χ2v) is 10.6. The highest BCUT2D eigenvalue weighted by Crippen LogP contribution is 2.34. The van der Waals surface area contributed by atoms with Crippen LogP contribution in [0, 0.1) is 0 Å². The van der Waals surface area contributed by atoms with E-state index in [1.54, 1.807) is 0 Å². The predicted octanol–water partition coefficient (Wildman–Crippen LogP) is 6.32. The SMILES string of the molecule is CC(C)Sc1ccc(S)cc1.O=C(O)Cn1cc(C2CCNCC2)c2cc(Cl)ccc21. The number of aliphatic carboxylic acids is 1. The van der Waals surface area contributed by atoms with E-state index in [1.807, 2.05) is 52.9 Å². The van der Waals surface area contributed by atoms with Crippen molar-refractivity contribution in [2.75, 3.05) is 13.1 Å². The van der Waals surface area contributed by atoms with Gasteiger partial charge < -0.3 is 15.0 Å². The maximum Gasteiger partial charge on any atom is 0.323 e. The Hall–Kier alpha value is -1.60. The van der Waals surface area contributed by atoms with Gasteiger partial charge in [0, 0.05) is 37.2 Å². The molecule has 1 aromatic heterocycles. The summed E-state index contributed by atoms with van der Waals surface area (Å²) in [5.74, 6) is -0.346. The Labute approximate surface area is 198 Å². The number of nitrogens with zero attached hydrogens (tertiary/aromatic N) is 1. The minimum atomic E-state index is -0.825. The van der Waals surface area contributed by atoms with Crippen molar-refractivity contribution in [1.82, 2.24) is 9.88 Å². The number of hydrogen-bond donors (Lipinski definition) is 3. The van der Waals surface area contributed by atoms with Gasteiger partial charge in [-0.2, -0.15) is 0 Å². The summed E-state index contributed by atoms with van der Waals surface area (Å²) in [6.45, 7) is 6.40. The van der Waals surface area contributed by atoms with Crippen LogP contribution in [-0.2, 0) is 11.3 Å². The summed E-state index contributed by atoms with van der Waals surface area (Å²) in [5.41, 5.74) is 2.18. The molecule has 0 bridgehead atoms. The molecule has 0 radical (unpaired) electrons. The molecule has 1 saturated heterocycles. The highest BCUT2D eigenvalue weighted by Gasteiger charge is 2.20. The maximum atomic E-state index is 11.0. The van der Waals surface area contributed by atoms with Crippen LogP contribution in [0.2, 0.25) is 5.02 Å². The fourth-order valence-electron chi connectivity index (χ4n) is 3.83. The third-order valence-electron chi connectivity index (χ3n) is 5.17. The van der Waals surface area contributed by atoms with Crippen molar-refractivity contribution >= 4 is 52.9 Å². The van der Waals surface area contributed by atoms with Crippen LogP contribution in [0.25, 0.3) is 10.9 Å². The average molecular weight is 477 g/mol. The molecular formula is C24H29ClN2O2S2. The Balaban J connectivity index is 0.000000210. The van der Waals surface area contributed by atoms with Crippen molar-refractivity contribution in [1.29, 1.82) is 0 Å². The number of aromatic nitrogens is 1. The first-order chi connectivity index (χ1) is 14.8. The number of rotatable bonds is 5. The molecule has 4 nitrogen and oxygen atoms in total. The van der Waals surface area contributed by atoms with E-state index in [0.29, 0.717) is 16.2 Å². The first-order valence-corrected chi connectivity index (χ1v) is 12.2. The largest absolute Gasteiger partial charge is 0.480 e. The van der Waals surface area contributed by atoms with Crippen LogP contribution in [0.15, 0.2) is 58.5 Å². The van der Waals surface area contributed by atoms with Gasteiger partial charge in [-0.15, -0.1) is 24.4 Å². The van der Waals surface area contributed by atoms with Crippen molar-refractivity contribution in [3.63, 3.8) is 0 Å². The summed E-state index contributed by atoms with van der Waals surface area (Å²) < 4.78 is 1.81. The van der Waals surface area contributed by atoms with Crippen LogP contribution in [0.3, 0.4) is 0 Å². The number of benzene rings is 2. The van der Waals surface area contributed by atoms with Crippen molar-refractivity contribution in [2.45, 2.75) is 54.2 Å². The summed E-state index contributed by atoms with van der Waals surface area (Å²) in [5, 5.41) is 14.8. The minimum absolute atomic E-state index is 0.0108. The fraction of sp³-hybridized carbons (Fsp3) is 0.375. The average Bonchev–Trinajstić information content (AvgIpc) is 3.07. The van der Waals surface area contributed by atoms with Gasteiger partial charge in [0.25, 0.3) is 0 Å². The molecule has 2 N–H and O–H groups in total. The Kier molecular flexibility index (Phi) is 8.78. The smallest absolute Gasteiger partial charge is 0.323 e. The zero-order chi connectivity index (χ0) is 22.4. The zero-order valence-corrected chi connectivity index (χ0v) is 20.3. The number of carboxylic acids is 1. The number of fused-ring (bicyclic) bond motifs is 1. The van der Waals surface area contributed by atoms with Crippen LogP contribution >= 0.6 is 36.0 Å². The lowest BCUT2D eigenvalue weighted by Gasteiger charge is -2.22. The normalized spacial score (nSPS) is 14.5. The number of piperidine rings is 1. The van der Waals surface area contributed by atoms with Gasteiger partial charge in [0.2, 0.25) is 0 Å². The lowest BCUT2D eigenvalue weighted by atomic mass is 9.90. The molecule has 4 rings (SSSR count). The van der Waals surface area contributed by atoms with E-state index in [0.717, 1.165) is 41.7 Å². The summed E-state index contributed by atoms with van der Waals surface area (Å²) in [7, 11) is 0. The first kappa shape index (κ1) is 24.1. The second kappa shape index (κ2) is 11.3. The van der Waals surface area contributed by atoms with Gasteiger partial charge in [0.05, 0.1) is 0 Å². The number of carboxylic acid groups (broad SMARTS) is 1. The summed E-state index contributed by atoms with van der Waals surface area (Å²) in [6.07, 6.45) is 4.16. The standard InChI is InChI=1S/C15H17ClN2O2.C9H12S2/c16-11-1-2-14-12(7-11)13(8-18(14)9-15(19)20)10-3-5-17-6-4-10;1-7(2)11-9-5-3-8(10)4-6-9/h1-2,7-8,10,17H,3-6,9H2,(H,19,20);3-7,10H,1-2H3. The first-order valence-electron chi connectivity index (χ1n) is 10.5. The van der Waals surface area contributed by atoms with Crippen LogP contribution in [0.5, 0.6) is 0 Å². The van der Waals surface area contributed by atoms with Gasteiger partial charge in [0.15, 0.2) is 0 Å². The number of thioether (sulfide) groups is 1. The minimum Gasteiger partial charge on any atom is -0.480 e. The molecule has 0 spiro atoms. The lowest BCUT2D eigenvalue weighted by molar-refractivity contribution is -0.137. The van der Waals surface area contributed by atoms with E-state index in [2.05, 4.69) is 43.9 Å². The van der Waals surface area contributed by atoms with Gasteiger partial charge in [-0.25, -0.2) is 0 Å².